The van der Waals surface area contributed by atoms with E-state index in [0.717, 1.165) is 26.1 Å². The molecule has 4 nitrogen and oxygen atoms in total. The lowest BCUT2D eigenvalue weighted by atomic mass is 10.2. The van der Waals surface area contributed by atoms with Crippen LogP contribution in [0.15, 0.2) is 0 Å². The third kappa shape index (κ3) is 6.80. The summed E-state index contributed by atoms with van der Waals surface area (Å²) in [6.07, 6.45) is 0.958. The molecule has 0 heterocycles. The van der Waals surface area contributed by atoms with Gasteiger partial charge in [-0.2, -0.15) is 0 Å². The molecule has 0 aromatic heterocycles. The van der Waals surface area contributed by atoms with Crippen molar-refractivity contribution in [1.29, 1.82) is 0 Å². The van der Waals surface area contributed by atoms with Gasteiger partial charge in [-0.15, -0.1) is 0 Å². The molecule has 0 rings (SSSR count). The van der Waals surface area contributed by atoms with Crippen molar-refractivity contribution in [2.45, 2.75) is 40.2 Å². The van der Waals surface area contributed by atoms with Crippen molar-refractivity contribution in [2.24, 2.45) is 5.92 Å². The summed E-state index contributed by atoms with van der Waals surface area (Å²) in [7, 11) is 0. The van der Waals surface area contributed by atoms with Crippen LogP contribution < -0.4 is 5.32 Å². The van der Waals surface area contributed by atoms with Gasteiger partial charge in [0.2, 0.25) is 0 Å². The molecule has 0 aliphatic heterocycles. The Kier molecular flexibility index (Phi) is 8.21. The number of aliphatic carboxylic acids is 1. The van der Waals surface area contributed by atoms with Crippen molar-refractivity contribution >= 4 is 5.97 Å². The Morgan fingerprint density at radius 3 is 2.31 bits per heavy atom. The molecule has 0 saturated heterocycles. The highest BCUT2D eigenvalue weighted by Gasteiger charge is 2.19. The van der Waals surface area contributed by atoms with Crippen LogP contribution in [0.2, 0.25) is 0 Å². The third-order valence-corrected chi connectivity index (χ3v) is 2.45. The zero-order chi connectivity index (χ0) is 12.6. The number of carboxylic acid groups (broad SMARTS) is 1. The Balaban J connectivity index is 4.17. The first-order chi connectivity index (χ1) is 7.51. The van der Waals surface area contributed by atoms with Crippen LogP contribution in [0.1, 0.15) is 34.1 Å². The summed E-state index contributed by atoms with van der Waals surface area (Å²) in [6, 6.07) is -0.446. The lowest BCUT2D eigenvalue weighted by molar-refractivity contribution is -0.140. The Labute approximate surface area is 99.0 Å². The number of nitrogens with zero attached hydrogens (tertiary/aromatic N) is 1. The molecule has 0 spiro atoms. The number of hydrogen-bond acceptors (Lipinski definition) is 3. The number of carbonyl (C=O) groups is 1. The second-order valence-corrected chi connectivity index (χ2v) is 4.59. The summed E-state index contributed by atoms with van der Waals surface area (Å²) in [5.41, 5.74) is 0. The third-order valence-electron chi connectivity index (χ3n) is 2.45. The molecule has 1 atom stereocenters. The van der Waals surface area contributed by atoms with Gasteiger partial charge in [0.25, 0.3) is 0 Å². The quantitative estimate of drug-likeness (QED) is 0.629. The highest BCUT2D eigenvalue weighted by atomic mass is 16.4. The fourth-order valence-corrected chi connectivity index (χ4v) is 1.66. The summed E-state index contributed by atoms with van der Waals surface area (Å²) >= 11 is 0. The summed E-state index contributed by atoms with van der Waals surface area (Å²) in [6.45, 7) is 11.6. The van der Waals surface area contributed by atoms with E-state index in [1.165, 1.54) is 0 Å². The van der Waals surface area contributed by atoms with Crippen LogP contribution in [-0.2, 0) is 4.79 Å². The summed E-state index contributed by atoms with van der Waals surface area (Å²) in [5, 5.41) is 12.2. The van der Waals surface area contributed by atoms with Crippen molar-refractivity contribution in [1.82, 2.24) is 10.2 Å². The maximum atomic E-state index is 11.1. The highest BCUT2D eigenvalue weighted by Crippen LogP contribution is 2.00. The molecule has 96 valence electrons. The molecule has 0 aliphatic rings. The minimum absolute atomic E-state index is 0.446. The van der Waals surface area contributed by atoms with Crippen LogP contribution in [0.5, 0.6) is 0 Å². The van der Waals surface area contributed by atoms with Gasteiger partial charge < -0.3 is 15.3 Å². The Bertz CT molecular complexity index is 195. The minimum atomic E-state index is -0.754. The van der Waals surface area contributed by atoms with E-state index in [1.807, 2.05) is 6.92 Å². The Morgan fingerprint density at radius 2 is 1.94 bits per heavy atom. The van der Waals surface area contributed by atoms with E-state index in [-0.39, 0.29) is 0 Å². The molecule has 16 heavy (non-hydrogen) atoms. The predicted octanol–water partition coefficient (Wildman–Crippen LogP) is 1.42. The van der Waals surface area contributed by atoms with E-state index in [2.05, 4.69) is 31.0 Å². The van der Waals surface area contributed by atoms with Gasteiger partial charge >= 0.3 is 5.97 Å². The summed E-state index contributed by atoms with van der Waals surface area (Å²) in [5.74, 6) is -0.184. The van der Waals surface area contributed by atoms with Gasteiger partial charge in [-0.1, -0.05) is 27.7 Å². The smallest absolute Gasteiger partial charge is 0.322 e. The van der Waals surface area contributed by atoms with E-state index in [9.17, 15) is 4.79 Å². The molecular weight excluding hydrogens is 204 g/mol. The number of rotatable bonds is 9. The van der Waals surface area contributed by atoms with Crippen molar-refractivity contribution in [2.75, 3.05) is 26.2 Å². The minimum Gasteiger partial charge on any atom is -0.480 e. The summed E-state index contributed by atoms with van der Waals surface area (Å²) in [4.78, 5) is 13.2. The van der Waals surface area contributed by atoms with E-state index >= 15 is 0 Å². The number of hydrogen-bond donors (Lipinski definition) is 2. The molecule has 0 aromatic carbocycles. The normalized spacial score (nSPS) is 13.4. The highest BCUT2D eigenvalue weighted by molar-refractivity contribution is 5.73. The monoisotopic (exact) mass is 230 g/mol. The largest absolute Gasteiger partial charge is 0.480 e. The molecule has 2 N–H and O–H groups in total. The maximum absolute atomic E-state index is 11.1. The van der Waals surface area contributed by atoms with Gasteiger partial charge in [0.15, 0.2) is 0 Å². The molecule has 0 saturated carbocycles. The van der Waals surface area contributed by atoms with Gasteiger partial charge in [0.1, 0.15) is 6.04 Å². The van der Waals surface area contributed by atoms with Gasteiger partial charge in [-0.25, -0.2) is 0 Å². The SMILES string of the molecule is CCCNC(CN(CC)CC(C)C)C(=O)O. The predicted molar refractivity (Wildman–Crippen MR) is 66.7 cm³/mol. The van der Waals surface area contributed by atoms with E-state index in [0.29, 0.717) is 12.5 Å². The number of carboxylic acids is 1. The van der Waals surface area contributed by atoms with Gasteiger partial charge in [0, 0.05) is 13.1 Å². The van der Waals surface area contributed by atoms with Crippen molar-refractivity contribution in [3.63, 3.8) is 0 Å². The van der Waals surface area contributed by atoms with Gasteiger partial charge in [0.05, 0.1) is 0 Å². The van der Waals surface area contributed by atoms with E-state index in [1.54, 1.807) is 0 Å². The lowest BCUT2D eigenvalue weighted by Crippen LogP contribution is -2.47. The van der Waals surface area contributed by atoms with E-state index < -0.39 is 12.0 Å². The first-order valence-corrected chi connectivity index (χ1v) is 6.19. The molecule has 0 radical (unpaired) electrons. The molecule has 0 amide bonds. The topological polar surface area (TPSA) is 52.6 Å². The van der Waals surface area contributed by atoms with Crippen LogP contribution in [0.25, 0.3) is 0 Å². The molecule has 4 heteroatoms. The van der Waals surface area contributed by atoms with Crippen molar-refractivity contribution < 1.29 is 9.90 Å². The number of likely N-dealkylation sites (N-methyl/N-ethyl adjacent to an activating group) is 1. The second-order valence-electron chi connectivity index (χ2n) is 4.59. The fraction of sp³-hybridized carbons (Fsp3) is 0.917. The molecular formula is C12H26N2O2. The molecule has 0 fully saturated rings. The van der Waals surface area contributed by atoms with Crippen LogP contribution in [-0.4, -0.2) is 48.2 Å². The Hall–Kier alpha value is -0.610. The van der Waals surface area contributed by atoms with Crippen molar-refractivity contribution in [3.05, 3.63) is 0 Å². The second kappa shape index (κ2) is 8.53. The fourth-order valence-electron chi connectivity index (χ4n) is 1.66. The van der Waals surface area contributed by atoms with Crippen molar-refractivity contribution in [3.8, 4) is 0 Å². The average molecular weight is 230 g/mol. The van der Waals surface area contributed by atoms with Crippen LogP contribution in [0, 0.1) is 5.92 Å². The van der Waals surface area contributed by atoms with E-state index in [4.69, 9.17) is 5.11 Å². The zero-order valence-corrected chi connectivity index (χ0v) is 11.0. The Morgan fingerprint density at radius 1 is 1.31 bits per heavy atom. The lowest BCUT2D eigenvalue weighted by Gasteiger charge is -2.26. The zero-order valence-electron chi connectivity index (χ0n) is 11.0. The van der Waals surface area contributed by atoms with Crippen LogP contribution in [0.3, 0.4) is 0 Å². The maximum Gasteiger partial charge on any atom is 0.322 e. The first-order valence-electron chi connectivity index (χ1n) is 6.19. The van der Waals surface area contributed by atoms with Crippen LogP contribution in [0.4, 0.5) is 0 Å². The summed E-state index contributed by atoms with van der Waals surface area (Å²) < 4.78 is 0. The number of nitrogens with one attached hydrogen (secondary N) is 1. The average Bonchev–Trinajstić information content (AvgIpc) is 2.21. The molecule has 1 unspecified atom stereocenters. The van der Waals surface area contributed by atoms with Gasteiger partial charge in [-0.05, 0) is 25.4 Å². The van der Waals surface area contributed by atoms with Gasteiger partial charge in [-0.3, -0.25) is 4.79 Å². The van der Waals surface area contributed by atoms with Crippen LogP contribution >= 0.6 is 0 Å². The standard InChI is InChI=1S/C12H26N2O2/c1-5-7-13-11(12(15)16)9-14(6-2)8-10(3)4/h10-11,13H,5-9H2,1-4H3,(H,15,16). The molecule has 0 bridgehead atoms. The first kappa shape index (κ1) is 15.4. The molecule has 0 aliphatic carbocycles. The molecule has 0 aromatic rings.